The molecule has 6 heteroatoms. The van der Waals surface area contributed by atoms with E-state index in [2.05, 4.69) is 0 Å². The third-order valence-electron chi connectivity index (χ3n) is 4.37. The normalized spacial score (nSPS) is 19.6. The van der Waals surface area contributed by atoms with Crippen molar-refractivity contribution in [2.45, 2.75) is 6.10 Å². The molecule has 2 aromatic rings. The number of morpholine rings is 1. The molecular weight excluding hydrogens is 325 g/mol. The average molecular weight is 343 g/mol. The summed E-state index contributed by atoms with van der Waals surface area (Å²) < 4.78 is 30.4. The SMILES string of the molecule is O=C(c1cccc2c1OCCO2)N1CCOC(c2cccc(F)c2)C1. The minimum absolute atomic E-state index is 0.132. The standard InChI is InChI=1S/C19H18FNO4/c20-14-4-1-3-13(11-14)17-12-21(7-8-23-17)19(22)15-5-2-6-16-18(15)25-10-9-24-16/h1-6,11,17H,7-10,12H2. The number of para-hydroxylation sites is 1. The molecule has 2 heterocycles. The largest absolute Gasteiger partial charge is 0.486 e. The van der Waals surface area contributed by atoms with Crippen molar-refractivity contribution >= 4 is 5.91 Å². The van der Waals surface area contributed by atoms with Crippen LogP contribution in [0, 0.1) is 5.82 Å². The summed E-state index contributed by atoms with van der Waals surface area (Å²) in [6, 6.07) is 11.6. The van der Waals surface area contributed by atoms with Gasteiger partial charge in [0.05, 0.1) is 18.7 Å². The highest BCUT2D eigenvalue weighted by Gasteiger charge is 2.29. The van der Waals surface area contributed by atoms with E-state index in [-0.39, 0.29) is 17.8 Å². The number of amides is 1. The molecule has 2 aromatic carbocycles. The van der Waals surface area contributed by atoms with E-state index in [4.69, 9.17) is 14.2 Å². The summed E-state index contributed by atoms with van der Waals surface area (Å²) in [7, 11) is 0. The highest BCUT2D eigenvalue weighted by molar-refractivity contribution is 5.98. The molecule has 1 unspecified atom stereocenters. The van der Waals surface area contributed by atoms with Crippen molar-refractivity contribution in [3.05, 3.63) is 59.4 Å². The quantitative estimate of drug-likeness (QED) is 0.841. The number of benzene rings is 2. The Morgan fingerprint density at radius 1 is 1.08 bits per heavy atom. The summed E-state index contributed by atoms with van der Waals surface area (Å²) in [4.78, 5) is 14.7. The Bertz CT molecular complexity index is 795. The molecule has 0 N–H and O–H groups in total. The Morgan fingerprint density at radius 2 is 1.92 bits per heavy atom. The Labute approximate surface area is 144 Å². The number of carbonyl (C=O) groups is 1. The molecule has 0 saturated carbocycles. The van der Waals surface area contributed by atoms with Gasteiger partial charge in [-0.05, 0) is 29.8 Å². The van der Waals surface area contributed by atoms with Gasteiger partial charge in [-0.1, -0.05) is 18.2 Å². The lowest BCUT2D eigenvalue weighted by atomic mass is 10.1. The van der Waals surface area contributed by atoms with E-state index in [1.165, 1.54) is 12.1 Å². The Hall–Kier alpha value is -2.60. The van der Waals surface area contributed by atoms with E-state index in [0.717, 1.165) is 5.56 Å². The molecular formula is C19H18FNO4. The molecule has 0 spiro atoms. The van der Waals surface area contributed by atoms with Crippen LogP contribution < -0.4 is 9.47 Å². The van der Waals surface area contributed by atoms with Gasteiger partial charge in [0.2, 0.25) is 0 Å². The van der Waals surface area contributed by atoms with Crippen molar-refractivity contribution in [2.24, 2.45) is 0 Å². The van der Waals surface area contributed by atoms with Crippen LogP contribution in [-0.4, -0.2) is 43.7 Å². The van der Waals surface area contributed by atoms with Crippen molar-refractivity contribution in [2.75, 3.05) is 32.9 Å². The van der Waals surface area contributed by atoms with Crippen LogP contribution in [-0.2, 0) is 4.74 Å². The Kier molecular flexibility index (Phi) is 4.28. The first-order chi connectivity index (χ1) is 12.2. The molecule has 2 aliphatic heterocycles. The number of hydrogen-bond donors (Lipinski definition) is 0. The molecule has 0 aromatic heterocycles. The highest BCUT2D eigenvalue weighted by Crippen LogP contribution is 2.35. The minimum atomic E-state index is -0.342. The van der Waals surface area contributed by atoms with Crippen LogP contribution in [0.1, 0.15) is 22.0 Å². The smallest absolute Gasteiger partial charge is 0.257 e. The summed E-state index contributed by atoms with van der Waals surface area (Å²) in [5.74, 6) is 0.638. The maximum atomic E-state index is 13.5. The summed E-state index contributed by atoms with van der Waals surface area (Å²) in [5, 5.41) is 0. The van der Waals surface area contributed by atoms with Gasteiger partial charge in [-0.25, -0.2) is 4.39 Å². The first-order valence-electron chi connectivity index (χ1n) is 8.27. The lowest BCUT2D eigenvalue weighted by Gasteiger charge is -2.34. The number of ether oxygens (including phenoxy) is 3. The minimum Gasteiger partial charge on any atom is -0.486 e. The second kappa shape index (κ2) is 6.72. The number of fused-ring (bicyclic) bond motifs is 1. The molecule has 4 rings (SSSR count). The highest BCUT2D eigenvalue weighted by atomic mass is 19.1. The molecule has 2 aliphatic rings. The predicted octanol–water partition coefficient (Wildman–Crippen LogP) is 2.81. The van der Waals surface area contributed by atoms with Gasteiger partial charge in [0.1, 0.15) is 25.1 Å². The molecule has 1 fully saturated rings. The van der Waals surface area contributed by atoms with Crippen LogP contribution in [0.15, 0.2) is 42.5 Å². The van der Waals surface area contributed by atoms with Crippen LogP contribution >= 0.6 is 0 Å². The molecule has 25 heavy (non-hydrogen) atoms. The van der Waals surface area contributed by atoms with E-state index in [0.29, 0.717) is 50.0 Å². The Balaban J connectivity index is 1.56. The number of carbonyl (C=O) groups excluding carboxylic acids is 1. The van der Waals surface area contributed by atoms with Gasteiger partial charge in [0.25, 0.3) is 5.91 Å². The van der Waals surface area contributed by atoms with Gasteiger partial charge in [0, 0.05) is 6.54 Å². The maximum absolute atomic E-state index is 13.5. The average Bonchev–Trinajstić information content (AvgIpc) is 2.67. The Morgan fingerprint density at radius 3 is 2.80 bits per heavy atom. The van der Waals surface area contributed by atoms with Crippen LogP contribution in [0.5, 0.6) is 11.5 Å². The van der Waals surface area contributed by atoms with Gasteiger partial charge in [0.15, 0.2) is 11.5 Å². The van der Waals surface area contributed by atoms with Gasteiger partial charge in [-0.15, -0.1) is 0 Å². The first-order valence-corrected chi connectivity index (χ1v) is 8.27. The summed E-state index contributed by atoms with van der Waals surface area (Å²) in [5.41, 5.74) is 1.21. The van der Waals surface area contributed by atoms with E-state index in [1.54, 1.807) is 29.2 Å². The van der Waals surface area contributed by atoms with Crippen LogP contribution in [0.3, 0.4) is 0 Å². The predicted molar refractivity (Wildman–Crippen MR) is 88.4 cm³/mol. The third kappa shape index (κ3) is 3.17. The van der Waals surface area contributed by atoms with Crippen molar-refractivity contribution in [1.82, 2.24) is 4.90 Å². The number of hydrogen-bond acceptors (Lipinski definition) is 4. The van der Waals surface area contributed by atoms with Gasteiger partial charge in [-0.2, -0.15) is 0 Å². The maximum Gasteiger partial charge on any atom is 0.257 e. The molecule has 5 nitrogen and oxygen atoms in total. The molecule has 130 valence electrons. The van der Waals surface area contributed by atoms with Crippen LogP contribution in [0.2, 0.25) is 0 Å². The van der Waals surface area contributed by atoms with Crippen LogP contribution in [0.25, 0.3) is 0 Å². The van der Waals surface area contributed by atoms with E-state index in [9.17, 15) is 9.18 Å². The second-order valence-corrected chi connectivity index (χ2v) is 6.00. The second-order valence-electron chi connectivity index (χ2n) is 6.00. The van der Waals surface area contributed by atoms with Crippen LogP contribution in [0.4, 0.5) is 4.39 Å². The molecule has 1 saturated heterocycles. The third-order valence-corrected chi connectivity index (χ3v) is 4.37. The molecule has 1 atom stereocenters. The lowest BCUT2D eigenvalue weighted by Crippen LogP contribution is -2.42. The molecule has 0 aliphatic carbocycles. The van der Waals surface area contributed by atoms with Crippen molar-refractivity contribution < 1.29 is 23.4 Å². The zero-order chi connectivity index (χ0) is 17.2. The van der Waals surface area contributed by atoms with Gasteiger partial charge in [-0.3, -0.25) is 4.79 Å². The molecule has 1 amide bonds. The monoisotopic (exact) mass is 343 g/mol. The first kappa shape index (κ1) is 15.9. The zero-order valence-electron chi connectivity index (χ0n) is 13.6. The lowest BCUT2D eigenvalue weighted by molar-refractivity contribution is -0.0231. The number of halogens is 1. The summed E-state index contributed by atoms with van der Waals surface area (Å²) in [6.07, 6.45) is -0.342. The number of rotatable bonds is 2. The number of nitrogens with zero attached hydrogens (tertiary/aromatic N) is 1. The summed E-state index contributed by atoms with van der Waals surface area (Å²) >= 11 is 0. The fraction of sp³-hybridized carbons (Fsp3) is 0.316. The fourth-order valence-electron chi connectivity index (χ4n) is 3.15. The zero-order valence-corrected chi connectivity index (χ0v) is 13.6. The van der Waals surface area contributed by atoms with Gasteiger partial charge >= 0.3 is 0 Å². The van der Waals surface area contributed by atoms with E-state index in [1.807, 2.05) is 6.07 Å². The van der Waals surface area contributed by atoms with Crippen molar-refractivity contribution in [3.63, 3.8) is 0 Å². The van der Waals surface area contributed by atoms with Gasteiger partial charge < -0.3 is 19.1 Å². The fourth-order valence-corrected chi connectivity index (χ4v) is 3.15. The molecule has 0 bridgehead atoms. The summed E-state index contributed by atoms with van der Waals surface area (Å²) in [6.45, 7) is 2.15. The molecule has 0 radical (unpaired) electrons. The topological polar surface area (TPSA) is 48.0 Å². The van der Waals surface area contributed by atoms with E-state index >= 15 is 0 Å². The van der Waals surface area contributed by atoms with E-state index < -0.39 is 0 Å². The van der Waals surface area contributed by atoms with Crippen molar-refractivity contribution in [3.8, 4) is 11.5 Å². The van der Waals surface area contributed by atoms with Crippen molar-refractivity contribution in [1.29, 1.82) is 0 Å².